The van der Waals surface area contributed by atoms with Crippen LogP contribution in [0.15, 0.2) is 72.8 Å². The molecule has 3 aromatic rings. The van der Waals surface area contributed by atoms with Gasteiger partial charge in [-0.05, 0) is 59.4 Å². The fourth-order valence-electron chi connectivity index (χ4n) is 4.26. The predicted molar refractivity (Wildman–Crippen MR) is 113 cm³/mol. The van der Waals surface area contributed by atoms with Gasteiger partial charge in [0.25, 0.3) is 0 Å². The topological polar surface area (TPSA) is 58.9 Å². The number of hydrogen-bond donors (Lipinski definition) is 2. The Morgan fingerprint density at radius 2 is 1.03 bits per heavy atom. The van der Waals surface area contributed by atoms with E-state index in [2.05, 4.69) is 48.5 Å². The summed E-state index contributed by atoms with van der Waals surface area (Å²) >= 11 is 0. The van der Waals surface area contributed by atoms with Crippen molar-refractivity contribution >= 4 is 0 Å². The Balaban J connectivity index is 1.69. The van der Waals surface area contributed by atoms with E-state index in [1.807, 2.05) is 24.3 Å². The van der Waals surface area contributed by atoms with Crippen LogP contribution in [0, 0.1) is 0 Å². The van der Waals surface area contributed by atoms with Gasteiger partial charge in [0.15, 0.2) is 0 Å². The van der Waals surface area contributed by atoms with Crippen molar-refractivity contribution in [2.45, 2.75) is 18.3 Å². The molecule has 2 N–H and O–H groups in total. The highest BCUT2D eigenvalue weighted by Gasteiger charge is 2.40. The van der Waals surface area contributed by atoms with Crippen LogP contribution in [0.3, 0.4) is 0 Å². The molecule has 0 saturated carbocycles. The number of aliphatic hydroxyl groups is 2. The van der Waals surface area contributed by atoms with E-state index in [1.54, 1.807) is 0 Å². The molecule has 0 aliphatic heterocycles. The zero-order valence-corrected chi connectivity index (χ0v) is 16.4. The average Bonchev–Trinajstić information content (AvgIpc) is 3.18. The highest BCUT2D eigenvalue weighted by atomic mass is 16.5. The first-order valence-corrected chi connectivity index (χ1v) is 10.0. The number of hydrogen-bond acceptors (Lipinski definition) is 4. The lowest BCUT2D eigenvalue weighted by atomic mass is 9.72. The molecule has 150 valence electrons. The largest absolute Gasteiger partial charge is 0.491 e. The first kappa shape index (κ1) is 19.5. The van der Waals surface area contributed by atoms with Gasteiger partial charge in [0.2, 0.25) is 0 Å². The van der Waals surface area contributed by atoms with Gasteiger partial charge < -0.3 is 19.7 Å². The number of rotatable bonds is 8. The third kappa shape index (κ3) is 4.00. The smallest absolute Gasteiger partial charge is 0.119 e. The Morgan fingerprint density at radius 3 is 1.41 bits per heavy atom. The van der Waals surface area contributed by atoms with E-state index >= 15 is 0 Å². The molecule has 1 aliphatic carbocycles. The van der Waals surface area contributed by atoms with E-state index in [4.69, 9.17) is 19.7 Å². The molecule has 0 spiro atoms. The Morgan fingerprint density at radius 1 is 0.621 bits per heavy atom. The van der Waals surface area contributed by atoms with Gasteiger partial charge in [-0.15, -0.1) is 0 Å². The highest BCUT2D eigenvalue weighted by Crippen LogP contribution is 2.45. The van der Waals surface area contributed by atoms with E-state index in [9.17, 15) is 0 Å². The summed E-state index contributed by atoms with van der Waals surface area (Å²) in [6.07, 6.45) is 1.88. The monoisotopic (exact) mass is 390 g/mol. The molecule has 4 rings (SSSR count). The summed E-state index contributed by atoms with van der Waals surface area (Å²) in [6, 6.07) is 25.1. The minimum atomic E-state index is -0.144. The van der Waals surface area contributed by atoms with Crippen LogP contribution in [-0.2, 0) is 18.3 Å². The van der Waals surface area contributed by atoms with Crippen molar-refractivity contribution in [3.63, 3.8) is 0 Å². The van der Waals surface area contributed by atoms with Gasteiger partial charge in [0.1, 0.15) is 24.7 Å². The molecule has 0 saturated heterocycles. The van der Waals surface area contributed by atoms with Crippen LogP contribution in [0.2, 0.25) is 0 Å². The molecule has 0 unspecified atom stereocenters. The number of aliphatic hydroxyl groups excluding tert-OH is 2. The average molecular weight is 390 g/mol. The summed E-state index contributed by atoms with van der Waals surface area (Å²) in [7, 11) is 0. The van der Waals surface area contributed by atoms with Gasteiger partial charge in [-0.3, -0.25) is 0 Å². The fraction of sp³-hybridized carbons (Fsp3) is 0.280. The molecule has 1 aliphatic rings. The van der Waals surface area contributed by atoms with Crippen LogP contribution in [0.5, 0.6) is 11.5 Å². The maximum atomic E-state index is 8.97. The summed E-state index contributed by atoms with van der Waals surface area (Å²) in [5.74, 6) is 1.53. The zero-order chi connectivity index (χ0) is 20.1. The van der Waals surface area contributed by atoms with Crippen LogP contribution in [0.1, 0.15) is 22.3 Å². The van der Waals surface area contributed by atoms with Crippen LogP contribution in [0.25, 0.3) is 0 Å². The van der Waals surface area contributed by atoms with Crippen LogP contribution < -0.4 is 9.47 Å². The molecule has 0 fully saturated rings. The summed E-state index contributed by atoms with van der Waals surface area (Å²) < 4.78 is 11.1. The summed E-state index contributed by atoms with van der Waals surface area (Å²) in [6.45, 7) is 0.605. The molecule has 0 amide bonds. The molecular weight excluding hydrogens is 364 g/mol. The highest BCUT2D eigenvalue weighted by molar-refractivity contribution is 5.51. The minimum Gasteiger partial charge on any atom is -0.491 e. The molecule has 4 heteroatoms. The first-order valence-electron chi connectivity index (χ1n) is 10.0. The lowest BCUT2D eigenvalue weighted by Gasteiger charge is -2.31. The summed E-state index contributed by atoms with van der Waals surface area (Å²) in [5.41, 5.74) is 5.11. The van der Waals surface area contributed by atoms with E-state index in [-0.39, 0.29) is 18.6 Å². The van der Waals surface area contributed by atoms with Crippen molar-refractivity contribution < 1.29 is 19.7 Å². The summed E-state index contributed by atoms with van der Waals surface area (Å²) in [5, 5.41) is 17.9. The quantitative estimate of drug-likeness (QED) is 0.618. The standard InChI is InChI=1S/C25H26O4/c26-13-15-28-23-9-5-21(6-10-23)25(17-19-3-1-2-4-20(19)18-25)22-7-11-24(12-8-22)29-16-14-27/h1-12,26-27H,13-18H2. The van der Waals surface area contributed by atoms with E-state index in [1.165, 1.54) is 22.3 Å². The van der Waals surface area contributed by atoms with Gasteiger partial charge in [0.05, 0.1) is 13.2 Å². The minimum absolute atomic E-state index is 0.00565. The van der Waals surface area contributed by atoms with Gasteiger partial charge in [0, 0.05) is 5.41 Å². The van der Waals surface area contributed by atoms with Crippen molar-refractivity contribution in [2.24, 2.45) is 0 Å². The van der Waals surface area contributed by atoms with Crippen LogP contribution in [0.4, 0.5) is 0 Å². The van der Waals surface area contributed by atoms with Crippen molar-refractivity contribution in [1.82, 2.24) is 0 Å². The van der Waals surface area contributed by atoms with Gasteiger partial charge in [-0.25, -0.2) is 0 Å². The molecule has 0 heterocycles. The third-order valence-corrected chi connectivity index (χ3v) is 5.64. The Bertz CT molecular complexity index is 853. The van der Waals surface area contributed by atoms with Crippen molar-refractivity contribution in [2.75, 3.05) is 26.4 Å². The number of benzene rings is 3. The van der Waals surface area contributed by atoms with Crippen molar-refractivity contribution in [1.29, 1.82) is 0 Å². The van der Waals surface area contributed by atoms with E-state index in [0.717, 1.165) is 24.3 Å². The van der Waals surface area contributed by atoms with Crippen LogP contribution in [-0.4, -0.2) is 36.6 Å². The molecule has 0 aromatic heterocycles. The molecule has 0 atom stereocenters. The zero-order valence-electron chi connectivity index (χ0n) is 16.4. The van der Waals surface area contributed by atoms with Gasteiger partial charge in [-0.2, -0.15) is 0 Å². The molecule has 0 bridgehead atoms. The Hall–Kier alpha value is -2.82. The molecular formula is C25H26O4. The van der Waals surface area contributed by atoms with E-state index < -0.39 is 0 Å². The fourth-order valence-corrected chi connectivity index (χ4v) is 4.26. The number of ether oxygens (including phenoxy) is 2. The van der Waals surface area contributed by atoms with Crippen molar-refractivity contribution in [3.8, 4) is 11.5 Å². The number of fused-ring (bicyclic) bond motifs is 1. The maximum Gasteiger partial charge on any atom is 0.119 e. The lowest BCUT2D eigenvalue weighted by molar-refractivity contribution is 0.201. The van der Waals surface area contributed by atoms with Crippen molar-refractivity contribution in [3.05, 3.63) is 95.1 Å². The lowest BCUT2D eigenvalue weighted by Crippen LogP contribution is -2.28. The van der Waals surface area contributed by atoms with E-state index in [0.29, 0.717) is 13.2 Å². The first-order chi connectivity index (χ1) is 14.2. The predicted octanol–water partition coefficient (Wildman–Crippen LogP) is 3.51. The van der Waals surface area contributed by atoms with Gasteiger partial charge >= 0.3 is 0 Å². The third-order valence-electron chi connectivity index (χ3n) is 5.64. The van der Waals surface area contributed by atoms with Gasteiger partial charge in [-0.1, -0.05) is 48.5 Å². The second-order valence-corrected chi connectivity index (χ2v) is 7.40. The molecule has 29 heavy (non-hydrogen) atoms. The molecule has 4 nitrogen and oxygen atoms in total. The Labute approximate surface area is 171 Å². The molecule has 0 radical (unpaired) electrons. The van der Waals surface area contributed by atoms with Crippen LogP contribution >= 0.6 is 0 Å². The SMILES string of the molecule is OCCOc1ccc(C2(c3ccc(OCCO)cc3)Cc3ccccc3C2)cc1. The maximum absolute atomic E-state index is 8.97. The second kappa shape index (κ2) is 8.68. The normalized spacial score (nSPS) is 14.4. The second-order valence-electron chi connectivity index (χ2n) is 7.40. The summed E-state index contributed by atoms with van der Waals surface area (Å²) in [4.78, 5) is 0. The Kier molecular flexibility index (Phi) is 5.84. The molecule has 3 aromatic carbocycles.